The van der Waals surface area contributed by atoms with Crippen LogP contribution in [-0.4, -0.2) is 35.0 Å². The fourth-order valence-electron chi connectivity index (χ4n) is 2.82. The van der Waals surface area contributed by atoms with Crippen molar-refractivity contribution in [3.05, 3.63) is 0 Å². The summed E-state index contributed by atoms with van der Waals surface area (Å²) in [5.41, 5.74) is 0.267. The van der Waals surface area contributed by atoms with Gasteiger partial charge in [0.25, 0.3) is 0 Å². The predicted molar refractivity (Wildman–Crippen MR) is 79.4 cm³/mol. The van der Waals surface area contributed by atoms with Gasteiger partial charge in [0.05, 0.1) is 0 Å². The van der Waals surface area contributed by atoms with E-state index in [-0.39, 0.29) is 18.0 Å². The molecule has 0 aromatic carbocycles. The van der Waals surface area contributed by atoms with E-state index in [0.717, 1.165) is 29.7 Å². The molecule has 0 bridgehead atoms. The lowest BCUT2D eigenvalue weighted by molar-refractivity contribution is -0.119. The molecule has 0 aromatic rings. The summed E-state index contributed by atoms with van der Waals surface area (Å²) in [5.74, 6) is 2.04. The molecule has 0 aromatic heterocycles. The van der Waals surface area contributed by atoms with E-state index >= 15 is 0 Å². The lowest BCUT2D eigenvalue weighted by Crippen LogP contribution is -2.46. The minimum Gasteiger partial charge on any atom is -0.359 e. The molecule has 106 valence electrons. The third-order valence-corrected chi connectivity index (χ3v) is 5.60. The Balaban J connectivity index is 1.49. The Morgan fingerprint density at radius 2 is 2.16 bits per heavy atom. The molecule has 1 heterocycles. The lowest BCUT2D eigenvalue weighted by atomic mass is 9.78. The van der Waals surface area contributed by atoms with Crippen LogP contribution < -0.4 is 10.6 Å². The molecule has 0 atom stereocenters. The SMILES string of the molecule is CC1CCC2(CC1)CSC(=NCC(=O)NC1CC1)N2. The Morgan fingerprint density at radius 1 is 1.42 bits per heavy atom. The van der Waals surface area contributed by atoms with Gasteiger partial charge < -0.3 is 10.6 Å². The maximum atomic E-state index is 11.6. The molecule has 1 spiro atoms. The highest BCUT2D eigenvalue weighted by atomic mass is 32.2. The van der Waals surface area contributed by atoms with Crippen molar-refractivity contribution in [3.8, 4) is 0 Å². The standard InChI is InChI=1S/C14H23N3OS/c1-10-4-6-14(7-5-10)9-19-13(17-14)15-8-12(18)16-11-2-3-11/h10-11H,2-9H2,1H3,(H,15,17)(H,16,18). The average Bonchev–Trinajstić information content (AvgIpc) is 3.12. The molecule has 5 heteroatoms. The molecule has 0 radical (unpaired) electrons. The number of amidine groups is 1. The fraction of sp³-hybridized carbons (Fsp3) is 0.857. The second kappa shape index (κ2) is 5.35. The van der Waals surface area contributed by atoms with Gasteiger partial charge in [0.15, 0.2) is 5.17 Å². The van der Waals surface area contributed by atoms with Crippen LogP contribution in [0.5, 0.6) is 0 Å². The van der Waals surface area contributed by atoms with Crippen LogP contribution in [-0.2, 0) is 4.79 Å². The van der Waals surface area contributed by atoms with E-state index in [2.05, 4.69) is 22.5 Å². The van der Waals surface area contributed by atoms with Crippen molar-refractivity contribution in [1.29, 1.82) is 0 Å². The van der Waals surface area contributed by atoms with Gasteiger partial charge in [-0.1, -0.05) is 18.7 Å². The second-order valence-electron chi connectivity index (χ2n) is 6.34. The van der Waals surface area contributed by atoms with Crippen LogP contribution in [0.3, 0.4) is 0 Å². The van der Waals surface area contributed by atoms with Gasteiger partial charge in [-0.2, -0.15) is 0 Å². The quantitative estimate of drug-likeness (QED) is 0.831. The summed E-state index contributed by atoms with van der Waals surface area (Å²) in [7, 11) is 0. The van der Waals surface area contributed by atoms with Crippen LogP contribution in [0, 0.1) is 5.92 Å². The molecule has 0 unspecified atom stereocenters. The number of nitrogens with zero attached hydrogens (tertiary/aromatic N) is 1. The fourth-order valence-corrected chi connectivity index (χ4v) is 4.04. The Labute approximate surface area is 119 Å². The monoisotopic (exact) mass is 281 g/mol. The molecule has 3 fully saturated rings. The van der Waals surface area contributed by atoms with Crippen LogP contribution in [0.25, 0.3) is 0 Å². The van der Waals surface area contributed by atoms with Gasteiger partial charge in [0.1, 0.15) is 6.54 Å². The van der Waals surface area contributed by atoms with E-state index in [1.54, 1.807) is 11.8 Å². The Bertz CT molecular complexity index is 384. The molecular formula is C14H23N3OS. The third kappa shape index (κ3) is 3.44. The van der Waals surface area contributed by atoms with Crippen LogP contribution in [0.4, 0.5) is 0 Å². The van der Waals surface area contributed by atoms with Gasteiger partial charge in [-0.05, 0) is 44.4 Å². The third-order valence-electron chi connectivity index (χ3n) is 4.40. The van der Waals surface area contributed by atoms with E-state index in [0.29, 0.717) is 6.04 Å². The minimum atomic E-state index is 0.0654. The zero-order valence-electron chi connectivity index (χ0n) is 11.6. The van der Waals surface area contributed by atoms with Gasteiger partial charge in [0, 0.05) is 17.3 Å². The number of thioether (sulfide) groups is 1. The topological polar surface area (TPSA) is 53.5 Å². The van der Waals surface area contributed by atoms with Crippen LogP contribution >= 0.6 is 11.8 Å². The Kier molecular flexibility index (Phi) is 3.74. The van der Waals surface area contributed by atoms with Crippen LogP contribution in [0.2, 0.25) is 0 Å². The summed E-state index contributed by atoms with van der Waals surface area (Å²) in [5, 5.41) is 7.53. The van der Waals surface area contributed by atoms with E-state index in [9.17, 15) is 4.79 Å². The molecule has 2 aliphatic carbocycles. The highest BCUT2D eigenvalue weighted by Crippen LogP contribution is 2.38. The summed E-state index contributed by atoms with van der Waals surface area (Å²) < 4.78 is 0. The molecule has 1 amide bonds. The van der Waals surface area contributed by atoms with Crippen molar-refractivity contribution >= 4 is 22.8 Å². The highest BCUT2D eigenvalue weighted by Gasteiger charge is 2.39. The van der Waals surface area contributed by atoms with Crippen molar-refractivity contribution < 1.29 is 4.79 Å². The molecule has 19 heavy (non-hydrogen) atoms. The van der Waals surface area contributed by atoms with Gasteiger partial charge in [-0.3, -0.25) is 9.79 Å². The smallest absolute Gasteiger partial charge is 0.241 e. The summed E-state index contributed by atoms with van der Waals surface area (Å²) in [6.07, 6.45) is 7.38. The number of nitrogens with one attached hydrogen (secondary N) is 2. The number of hydrogen-bond acceptors (Lipinski definition) is 3. The Hall–Kier alpha value is -0.710. The first kappa shape index (κ1) is 13.3. The van der Waals surface area contributed by atoms with Crippen molar-refractivity contribution in [2.24, 2.45) is 10.9 Å². The molecule has 1 saturated heterocycles. The number of carbonyl (C=O) groups excluding carboxylic acids is 1. The van der Waals surface area contributed by atoms with Crippen LogP contribution in [0.15, 0.2) is 4.99 Å². The number of aliphatic imine (C=N–C) groups is 1. The number of carbonyl (C=O) groups is 1. The number of rotatable bonds is 3. The molecular weight excluding hydrogens is 258 g/mol. The molecule has 3 rings (SSSR count). The highest BCUT2D eigenvalue weighted by molar-refractivity contribution is 8.14. The van der Waals surface area contributed by atoms with Gasteiger partial charge in [-0.15, -0.1) is 0 Å². The van der Waals surface area contributed by atoms with E-state index in [4.69, 9.17) is 0 Å². The molecule has 2 N–H and O–H groups in total. The molecule has 2 saturated carbocycles. The van der Waals surface area contributed by atoms with Gasteiger partial charge in [-0.25, -0.2) is 0 Å². The minimum absolute atomic E-state index is 0.0654. The molecule has 1 aliphatic heterocycles. The van der Waals surface area contributed by atoms with E-state index < -0.39 is 0 Å². The largest absolute Gasteiger partial charge is 0.359 e. The summed E-state index contributed by atoms with van der Waals surface area (Å²) >= 11 is 1.78. The Morgan fingerprint density at radius 3 is 2.84 bits per heavy atom. The summed E-state index contributed by atoms with van der Waals surface area (Å²) in [4.78, 5) is 16.0. The maximum Gasteiger partial charge on any atom is 0.241 e. The normalized spacial score (nSPS) is 36.5. The molecule has 4 nitrogen and oxygen atoms in total. The van der Waals surface area contributed by atoms with Crippen molar-refractivity contribution in [2.75, 3.05) is 12.3 Å². The number of amides is 1. The van der Waals surface area contributed by atoms with Crippen molar-refractivity contribution in [1.82, 2.24) is 10.6 Å². The van der Waals surface area contributed by atoms with Crippen molar-refractivity contribution in [3.63, 3.8) is 0 Å². The van der Waals surface area contributed by atoms with Crippen molar-refractivity contribution in [2.45, 2.75) is 57.0 Å². The molecule has 3 aliphatic rings. The van der Waals surface area contributed by atoms with Gasteiger partial charge >= 0.3 is 0 Å². The van der Waals surface area contributed by atoms with E-state index in [1.807, 2.05) is 0 Å². The summed E-state index contributed by atoms with van der Waals surface area (Å²) in [6.45, 7) is 2.62. The first-order chi connectivity index (χ1) is 9.15. The second-order valence-corrected chi connectivity index (χ2v) is 7.30. The van der Waals surface area contributed by atoms with E-state index in [1.165, 1.54) is 25.7 Å². The summed E-state index contributed by atoms with van der Waals surface area (Å²) in [6, 6.07) is 0.433. The first-order valence-electron chi connectivity index (χ1n) is 7.40. The maximum absolute atomic E-state index is 11.6. The first-order valence-corrected chi connectivity index (χ1v) is 8.39. The zero-order chi connectivity index (χ0) is 13.3. The average molecular weight is 281 g/mol. The zero-order valence-corrected chi connectivity index (χ0v) is 12.4. The van der Waals surface area contributed by atoms with Crippen LogP contribution in [0.1, 0.15) is 45.4 Å². The number of hydrogen-bond donors (Lipinski definition) is 2. The lowest BCUT2D eigenvalue weighted by Gasteiger charge is -2.35. The predicted octanol–water partition coefficient (Wildman–Crippen LogP) is 1.91. The van der Waals surface area contributed by atoms with Gasteiger partial charge in [0.2, 0.25) is 5.91 Å².